The molecule has 0 aliphatic heterocycles. The van der Waals surface area contributed by atoms with Gasteiger partial charge in [-0.05, 0) is 35.7 Å². The van der Waals surface area contributed by atoms with Crippen LogP contribution >= 0.6 is 0 Å². The van der Waals surface area contributed by atoms with Crippen LogP contribution in [0.15, 0.2) is 48.5 Å². The maximum atomic E-state index is 13.1. The predicted octanol–water partition coefficient (Wildman–Crippen LogP) is 2.65. The van der Waals surface area contributed by atoms with Crippen molar-refractivity contribution in [2.75, 3.05) is 5.73 Å². The van der Waals surface area contributed by atoms with Gasteiger partial charge >= 0.3 is 0 Å². The zero-order valence-electron chi connectivity index (χ0n) is 9.44. The third kappa shape index (κ3) is 2.82. The van der Waals surface area contributed by atoms with Crippen LogP contribution in [0, 0.1) is 5.82 Å². The normalized spacial score (nSPS) is 12.4. The van der Waals surface area contributed by atoms with E-state index in [2.05, 4.69) is 0 Å². The molecular weight excluding hydrogens is 215 g/mol. The van der Waals surface area contributed by atoms with Gasteiger partial charge in [0.15, 0.2) is 0 Å². The minimum atomic E-state index is -0.308. The van der Waals surface area contributed by atoms with Crippen LogP contribution in [-0.2, 0) is 6.42 Å². The molecule has 0 radical (unpaired) electrons. The van der Waals surface area contributed by atoms with Crippen molar-refractivity contribution in [2.24, 2.45) is 5.73 Å². The molecule has 1 unspecified atom stereocenters. The molecule has 0 fully saturated rings. The lowest BCUT2D eigenvalue weighted by atomic mass is 9.98. The molecule has 4 N–H and O–H groups in total. The molecule has 0 heterocycles. The number of nitrogen functional groups attached to an aromatic ring is 1. The zero-order valence-corrected chi connectivity index (χ0v) is 9.44. The van der Waals surface area contributed by atoms with Crippen molar-refractivity contribution >= 4 is 5.69 Å². The Labute approximate surface area is 100 Å². The quantitative estimate of drug-likeness (QED) is 0.796. The molecule has 2 rings (SSSR count). The summed E-state index contributed by atoms with van der Waals surface area (Å²) in [5.74, 6) is -0.308. The molecule has 0 aromatic heterocycles. The van der Waals surface area contributed by atoms with E-state index in [0.717, 1.165) is 5.56 Å². The lowest BCUT2D eigenvalue weighted by Crippen LogP contribution is -2.15. The molecule has 2 aromatic carbocycles. The average Bonchev–Trinajstić information content (AvgIpc) is 2.33. The Morgan fingerprint density at radius 2 is 1.76 bits per heavy atom. The summed E-state index contributed by atoms with van der Waals surface area (Å²) in [7, 11) is 0. The number of anilines is 1. The molecule has 0 aliphatic rings. The van der Waals surface area contributed by atoms with E-state index in [1.165, 1.54) is 12.1 Å². The van der Waals surface area contributed by atoms with E-state index in [1.807, 2.05) is 30.3 Å². The summed E-state index contributed by atoms with van der Waals surface area (Å²) < 4.78 is 13.1. The molecule has 3 heteroatoms. The fourth-order valence-electron chi connectivity index (χ4n) is 1.84. The van der Waals surface area contributed by atoms with Crippen LogP contribution in [-0.4, -0.2) is 0 Å². The first kappa shape index (κ1) is 11.6. The first-order chi connectivity index (χ1) is 8.16. The summed E-state index contributed by atoms with van der Waals surface area (Å²) in [4.78, 5) is 0. The second kappa shape index (κ2) is 4.97. The van der Waals surface area contributed by atoms with Crippen LogP contribution in [0.2, 0.25) is 0 Å². The molecular formula is C14H15FN2. The van der Waals surface area contributed by atoms with Gasteiger partial charge in [0.1, 0.15) is 5.82 Å². The largest absolute Gasteiger partial charge is 0.398 e. The zero-order chi connectivity index (χ0) is 12.3. The molecule has 0 saturated heterocycles. The molecule has 1 atom stereocenters. The van der Waals surface area contributed by atoms with E-state index < -0.39 is 0 Å². The Kier molecular flexibility index (Phi) is 3.40. The van der Waals surface area contributed by atoms with Gasteiger partial charge < -0.3 is 11.5 Å². The second-order valence-electron chi connectivity index (χ2n) is 4.07. The van der Waals surface area contributed by atoms with Crippen molar-refractivity contribution < 1.29 is 4.39 Å². The lowest BCUT2D eigenvalue weighted by molar-refractivity contribution is 0.619. The van der Waals surface area contributed by atoms with E-state index in [4.69, 9.17) is 11.5 Å². The monoisotopic (exact) mass is 230 g/mol. The van der Waals surface area contributed by atoms with Gasteiger partial charge in [-0.15, -0.1) is 0 Å². The SMILES string of the molecule is Nc1ccc(F)cc1C(N)Cc1ccccc1. The van der Waals surface area contributed by atoms with Gasteiger partial charge in [-0.1, -0.05) is 30.3 Å². The highest BCUT2D eigenvalue weighted by Gasteiger charge is 2.11. The summed E-state index contributed by atoms with van der Waals surface area (Å²) in [5.41, 5.74) is 14.2. The van der Waals surface area contributed by atoms with E-state index in [1.54, 1.807) is 6.07 Å². The second-order valence-corrected chi connectivity index (χ2v) is 4.07. The molecule has 0 spiro atoms. The average molecular weight is 230 g/mol. The predicted molar refractivity (Wildman–Crippen MR) is 67.9 cm³/mol. The molecule has 2 nitrogen and oxygen atoms in total. The van der Waals surface area contributed by atoms with Crippen LogP contribution in [0.5, 0.6) is 0 Å². The molecule has 0 amide bonds. The molecule has 0 bridgehead atoms. The Hall–Kier alpha value is -1.87. The maximum Gasteiger partial charge on any atom is 0.123 e. The fourth-order valence-corrected chi connectivity index (χ4v) is 1.84. The van der Waals surface area contributed by atoms with E-state index in [0.29, 0.717) is 17.7 Å². The smallest absolute Gasteiger partial charge is 0.123 e. The van der Waals surface area contributed by atoms with Crippen LogP contribution in [0.3, 0.4) is 0 Å². The maximum absolute atomic E-state index is 13.1. The molecule has 0 aliphatic carbocycles. The van der Waals surface area contributed by atoms with Crippen LogP contribution in [0.25, 0.3) is 0 Å². The number of halogens is 1. The molecule has 88 valence electrons. The number of hydrogen-bond donors (Lipinski definition) is 2. The van der Waals surface area contributed by atoms with Crippen LogP contribution in [0.1, 0.15) is 17.2 Å². The third-order valence-electron chi connectivity index (χ3n) is 2.75. The number of benzene rings is 2. The van der Waals surface area contributed by atoms with Crippen molar-refractivity contribution in [1.29, 1.82) is 0 Å². The highest BCUT2D eigenvalue weighted by Crippen LogP contribution is 2.22. The Morgan fingerprint density at radius 3 is 2.47 bits per heavy atom. The van der Waals surface area contributed by atoms with E-state index in [-0.39, 0.29) is 11.9 Å². The van der Waals surface area contributed by atoms with Crippen LogP contribution in [0.4, 0.5) is 10.1 Å². The van der Waals surface area contributed by atoms with Crippen molar-refractivity contribution in [3.63, 3.8) is 0 Å². The Bertz CT molecular complexity index is 497. The van der Waals surface area contributed by atoms with Crippen molar-refractivity contribution in [2.45, 2.75) is 12.5 Å². The Morgan fingerprint density at radius 1 is 1.06 bits per heavy atom. The summed E-state index contributed by atoms with van der Waals surface area (Å²) in [6.07, 6.45) is 0.647. The highest BCUT2D eigenvalue weighted by molar-refractivity contribution is 5.48. The lowest BCUT2D eigenvalue weighted by Gasteiger charge is -2.14. The third-order valence-corrected chi connectivity index (χ3v) is 2.75. The Balaban J connectivity index is 2.20. The van der Waals surface area contributed by atoms with Gasteiger partial charge in [0.2, 0.25) is 0 Å². The minimum absolute atomic E-state index is 0.284. The van der Waals surface area contributed by atoms with E-state index >= 15 is 0 Å². The summed E-state index contributed by atoms with van der Waals surface area (Å²) >= 11 is 0. The molecule has 17 heavy (non-hydrogen) atoms. The fraction of sp³-hybridized carbons (Fsp3) is 0.143. The van der Waals surface area contributed by atoms with Crippen molar-refractivity contribution in [3.05, 3.63) is 65.5 Å². The van der Waals surface area contributed by atoms with Crippen LogP contribution < -0.4 is 11.5 Å². The number of rotatable bonds is 3. The summed E-state index contributed by atoms with van der Waals surface area (Å²) in [5, 5.41) is 0. The first-order valence-electron chi connectivity index (χ1n) is 5.51. The topological polar surface area (TPSA) is 52.0 Å². The van der Waals surface area contributed by atoms with Gasteiger partial charge in [0.05, 0.1) is 0 Å². The highest BCUT2D eigenvalue weighted by atomic mass is 19.1. The van der Waals surface area contributed by atoms with E-state index in [9.17, 15) is 4.39 Å². The summed E-state index contributed by atoms with van der Waals surface area (Å²) in [6, 6.07) is 13.9. The number of nitrogens with two attached hydrogens (primary N) is 2. The first-order valence-corrected chi connectivity index (χ1v) is 5.51. The van der Waals surface area contributed by atoms with Gasteiger partial charge in [-0.3, -0.25) is 0 Å². The van der Waals surface area contributed by atoms with Gasteiger partial charge in [0, 0.05) is 11.7 Å². The minimum Gasteiger partial charge on any atom is -0.398 e. The van der Waals surface area contributed by atoms with Crippen molar-refractivity contribution in [1.82, 2.24) is 0 Å². The standard InChI is InChI=1S/C14H15FN2/c15-11-6-7-13(16)12(9-11)14(17)8-10-4-2-1-3-5-10/h1-7,9,14H,8,16-17H2. The summed E-state index contributed by atoms with van der Waals surface area (Å²) in [6.45, 7) is 0. The molecule has 2 aromatic rings. The van der Waals surface area contributed by atoms with Crippen molar-refractivity contribution in [3.8, 4) is 0 Å². The molecule has 0 saturated carbocycles. The number of hydrogen-bond acceptors (Lipinski definition) is 2. The van der Waals surface area contributed by atoms with Gasteiger partial charge in [-0.2, -0.15) is 0 Å². The van der Waals surface area contributed by atoms with Gasteiger partial charge in [-0.25, -0.2) is 4.39 Å². The van der Waals surface area contributed by atoms with Gasteiger partial charge in [0.25, 0.3) is 0 Å².